The summed E-state index contributed by atoms with van der Waals surface area (Å²) in [5, 5.41) is 28.8. The lowest BCUT2D eigenvalue weighted by atomic mass is 10.0. The first-order valence-electron chi connectivity index (χ1n) is 4.56. The normalized spacial score (nSPS) is 11.0. The minimum absolute atomic E-state index is 0.000565. The largest absolute Gasteiger partial charge is 0.507 e. The van der Waals surface area contributed by atoms with Gasteiger partial charge in [-0.1, -0.05) is 17.3 Å². The minimum atomic E-state index is -1.09. The average Bonchev–Trinajstić information content (AvgIpc) is 2.35. The van der Waals surface area contributed by atoms with E-state index in [9.17, 15) is 14.7 Å². The number of rotatable bonds is 4. The molecule has 0 saturated heterocycles. The Kier molecular flexibility index (Phi) is 4.18. The highest BCUT2D eigenvalue weighted by atomic mass is 16.5. The zero-order valence-corrected chi connectivity index (χ0v) is 8.62. The van der Waals surface area contributed by atoms with Crippen LogP contribution in [-0.4, -0.2) is 32.9 Å². The topological polar surface area (TPSA) is 119 Å². The maximum atomic E-state index is 11.6. The number of benzene rings is 1. The van der Waals surface area contributed by atoms with Crippen molar-refractivity contribution in [3.8, 4) is 5.75 Å². The van der Waals surface area contributed by atoms with Crippen molar-refractivity contribution in [2.75, 3.05) is 0 Å². The molecule has 0 spiro atoms. The number of phenols is 1. The molecule has 4 N–H and O–H groups in total. The Morgan fingerprint density at radius 2 is 1.94 bits per heavy atom. The second-order valence-electron chi connectivity index (χ2n) is 3.10. The Bertz CT molecular complexity index is 470. The number of amides is 1. The summed E-state index contributed by atoms with van der Waals surface area (Å²) in [6, 6.07) is 5.75. The first kappa shape index (κ1) is 12.7. The maximum absolute atomic E-state index is 11.6. The number of carbonyl (C=O) groups is 2. The number of aromatic hydroxyl groups is 1. The van der Waals surface area contributed by atoms with Gasteiger partial charge in [-0.25, -0.2) is 5.48 Å². The van der Waals surface area contributed by atoms with Crippen LogP contribution in [0.15, 0.2) is 29.4 Å². The number of phenolic OH excluding ortho intramolecular Hbond substituents is 1. The molecule has 0 aliphatic carbocycles. The molecule has 0 bridgehead atoms. The van der Waals surface area contributed by atoms with Crippen molar-refractivity contribution >= 4 is 17.4 Å². The molecule has 0 heterocycles. The van der Waals surface area contributed by atoms with Crippen LogP contribution in [0.3, 0.4) is 0 Å². The van der Waals surface area contributed by atoms with E-state index >= 15 is 0 Å². The van der Waals surface area contributed by atoms with Gasteiger partial charge >= 0.3 is 0 Å². The highest BCUT2D eigenvalue weighted by Crippen LogP contribution is 2.17. The molecule has 0 aromatic heterocycles. The second kappa shape index (κ2) is 5.61. The van der Waals surface area contributed by atoms with Crippen LogP contribution in [0.25, 0.3) is 0 Å². The molecule has 7 heteroatoms. The van der Waals surface area contributed by atoms with Crippen molar-refractivity contribution in [3.05, 3.63) is 29.8 Å². The number of Topliss-reactive ketones (excluding diaryl/α,β-unsaturated/α-hetero) is 1. The van der Waals surface area contributed by atoms with Crippen molar-refractivity contribution in [1.29, 1.82) is 0 Å². The van der Waals surface area contributed by atoms with Crippen LogP contribution < -0.4 is 5.48 Å². The SMILES string of the molecule is O=C(NO)/C(CC(=O)c1ccccc1O)=N/O. The van der Waals surface area contributed by atoms with E-state index in [1.807, 2.05) is 0 Å². The molecular weight excluding hydrogens is 228 g/mol. The standard InChI is InChI=1S/C10H10N2O5/c13-8-4-2-1-3-6(8)9(14)5-7(11-16)10(15)12-17/h1-4,13,16-17H,5H2,(H,12,15)/b11-7+. The fraction of sp³-hybridized carbons (Fsp3) is 0.100. The van der Waals surface area contributed by atoms with Crippen molar-refractivity contribution in [1.82, 2.24) is 5.48 Å². The lowest BCUT2D eigenvalue weighted by Gasteiger charge is -2.03. The van der Waals surface area contributed by atoms with Crippen molar-refractivity contribution in [3.63, 3.8) is 0 Å². The highest BCUT2D eigenvalue weighted by molar-refractivity contribution is 6.42. The molecule has 1 amide bonds. The summed E-state index contributed by atoms with van der Waals surface area (Å²) in [5.41, 5.74) is 0.688. The lowest BCUT2D eigenvalue weighted by molar-refractivity contribution is -0.122. The highest BCUT2D eigenvalue weighted by Gasteiger charge is 2.19. The van der Waals surface area contributed by atoms with Gasteiger partial charge in [0.15, 0.2) is 11.5 Å². The van der Waals surface area contributed by atoms with Crippen LogP contribution in [0.2, 0.25) is 0 Å². The van der Waals surface area contributed by atoms with E-state index in [4.69, 9.17) is 10.4 Å². The van der Waals surface area contributed by atoms with E-state index in [0.717, 1.165) is 0 Å². The van der Waals surface area contributed by atoms with Crippen LogP contribution in [0.5, 0.6) is 5.75 Å². The maximum Gasteiger partial charge on any atom is 0.292 e. The lowest BCUT2D eigenvalue weighted by Crippen LogP contribution is -2.29. The first-order chi connectivity index (χ1) is 8.10. The number of hydrogen-bond acceptors (Lipinski definition) is 6. The van der Waals surface area contributed by atoms with Gasteiger partial charge in [-0.05, 0) is 12.1 Å². The number of carbonyl (C=O) groups excluding carboxylic acids is 2. The smallest absolute Gasteiger partial charge is 0.292 e. The van der Waals surface area contributed by atoms with Crippen molar-refractivity contribution in [2.24, 2.45) is 5.16 Å². The number of oxime groups is 1. The third-order valence-corrected chi connectivity index (χ3v) is 2.02. The van der Waals surface area contributed by atoms with E-state index in [2.05, 4.69) is 5.16 Å². The van der Waals surface area contributed by atoms with Gasteiger partial charge in [0, 0.05) is 0 Å². The molecule has 0 aliphatic heterocycles. The van der Waals surface area contributed by atoms with E-state index < -0.39 is 23.8 Å². The van der Waals surface area contributed by atoms with E-state index in [1.165, 1.54) is 29.7 Å². The number of para-hydroxylation sites is 1. The van der Waals surface area contributed by atoms with Gasteiger partial charge in [0.1, 0.15) is 5.75 Å². The Balaban J connectivity index is 2.86. The summed E-state index contributed by atoms with van der Waals surface area (Å²) in [4.78, 5) is 22.6. The summed E-state index contributed by atoms with van der Waals surface area (Å²) in [5.74, 6) is -1.94. The summed E-state index contributed by atoms with van der Waals surface area (Å²) in [6.45, 7) is 0. The Labute approximate surface area is 96.0 Å². The van der Waals surface area contributed by atoms with E-state index in [0.29, 0.717) is 0 Å². The molecule has 7 nitrogen and oxygen atoms in total. The summed E-state index contributed by atoms with van der Waals surface area (Å²) < 4.78 is 0. The quantitative estimate of drug-likeness (QED) is 0.198. The molecule has 0 unspecified atom stereocenters. The van der Waals surface area contributed by atoms with Crippen molar-refractivity contribution in [2.45, 2.75) is 6.42 Å². The zero-order valence-electron chi connectivity index (χ0n) is 8.62. The van der Waals surface area contributed by atoms with Gasteiger partial charge in [-0.2, -0.15) is 0 Å². The fourth-order valence-corrected chi connectivity index (χ4v) is 1.18. The molecule has 0 saturated carbocycles. The molecule has 0 atom stereocenters. The van der Waals surface area contributed by atoms with E-state index in [-0.39, 0.29) is 11.3 Å². The molecule has 0 fully saturated rings. The van der Waals surface area contributed by atoms with Crippen LogP contribution in [0, 0.1) is 0 Å². The molecule has 17 heavy (non-hydrogen) atoms. The van der Waals surface area contributed by atoms with Crippen molar-refractivity contribution < 1.29 is 25.1 Å². The average molecular weight is 238 g/mol. The number of nitrogens with one attached hydrogen (secondary N) is 1. The summed E-state index contributed by atoms with van der Waals surface area (Å²) in [6.07, 6.45) is -0.541. The number of hydrogen-bond donors (Lipinski definition) is 4. The zero-order chi connectivity index (χ0) is 12.8. The Hall–Kier alpha value is -2.41. The number of ketones is 1. The number of nitrogens with zero attached hydrogens (tertiary/aromatic N) is 1. The Morgan fingerprint density at radius 1 is 1.29 bits per heavy atom. The van der Waals surface area contributed by atoms with E-state index in [1.54, 1.807) is 0 Å². The Morgan fingerprint density at radius 3 is 2.47 bits per heavy atom. The minimum Gasteiger partial charge on any atom is -0.507 e. The first-order valence-corrected chi connectivity index (χ1v) is 4.56. The molecule has 0 aliphatic rings. The van der Waals surface area contributed by atoms with Crippen LogP contribution in [0.1, 0.15) is 16.8 Å². The molecule has 1 aromatic rings. The fourth-order valence-electron chi connectivity index (χ4n) is 1.18. The van der Waals surface area contributed by atoms with Gasteiger partial charge in [-0.15, -0.1) is 0 Å². The monoisotopic (exact) mass is 238 g/mol. The van der Waals surface area contributed by atoms with Gasteiger partial charge in [0.25, 0.3) is 5.91 Å². The van der Waals surface area contributed by atoms with Crippen LogP contribution in [-0.2, 0) is 4.79 Å². The van der Waals surface area contributed by atoms with Crippen LogP contribution in [0.4, 0.5) is 0 Å². The van der Waals surface area contributed by atoms with Gasteiger partial charge in [0.2, 0.25) is 0 Å². The summed E-state index contributed by atoms with van der Waals surface area (Å²) in [7, 11) is 0. The molecule has 1 rings (SSSR count). The predicted molar refractivity (Wildman–Crippen MR) is 56.2 cm³/mol. The third kappa shape index (κ3) is 3.02. The van der Waals surface area contributed by atoms with Gasteiger partial charge < -0.3 is 10.3 Å². The summed E-state index contributed by atoms with van der Waals surface area (Å²) >= 11 is 0. The van der Waals surface area contributed by atoms with Crippen LogP contribution >= 0.6 is 0 Å². The third-order valence-electron chi connectivity index (χ3n) is 2.02. The predicted octanol–water partition coefficient (Wildman–Crippen LogP) is 0.301. The number of hydroxylamine groups is 1. The van der Waals surface area contributed by atoms with Gasteiger partial charge in [-0.3, -0.25) is 14.8 Å². The molecule has 90 valence electrons. The molecule has 1 aromatic carbocycles. The molecular formula is C10H10N2O5. The van der Waals surface area contributed by atoms with Gasteiger partial charge in [0.05, 0.1) is 12.0 Å². The molecule has 0 radical (unpaired) electrons. The second-order valence-corrected chi connectivity index (χ2v) is 3.10.